The minimum atomic E-state index is -2.88. The van der Waals surface area contributed by atoms with E-state index in [2.05, 4.69) is 0 Å². The highest BCUT2D eigenvalue weighted by molar-refractivity contribution is 7.91. The van der Waals surface area contributed by atoms with Gasteiger partial charge in [0, 0.05) is 6.42 Å². The highest BCUT2D eigenvalue weighted by Gasteiger charge is 2.08. The molecule has 0 aliphatic carbocycles. The molecule has 0 aromatic heterocycles. The maximum atomic E-state index is 11.3. The van der Waals surface area contributed by atoms with E-state index in [1.807, 2.05) is 13.0 Å². The molecule has 0 atom stereocenters. The zero-order valence-electron chi connectivity index (χ0n) is 8.12. The van der Waals surface area contributed by atoms with Crippen molar-refractivity contribution in [3.05, 3.63) is 0 Å². The fourth-order valence-electron chi connectivity index (χ4n) is 1.05. The molecule has 3 nitrogen and oxygen atoms in total. The Morgan fingerprint density at radius 1 is 1.15 bits per heavy atom. The molecule has 0 rings (SSSR count). The van der Waals surface area contributed by atoms with Crippen molar-refractivity contribution >= 4 is 9.84 Å². The Hall–Kier alpha value is -0.560. The number of nitrogens with zero attached hydrogens (tertiary/aromatic N) is 1. The van der Waals surface area contributed by atoms with Gasteiger partial charge >= 0.3 is 0 Å². The Bertz CT molecular complexity index is 251. The summed E-state index contributed by atoms with van der Waals surface area (Å²) in [6.07, 6.45) is 3.58. The minimum absolute atomic E-state index is 0.171. The first-order valence-corrected chi connectivity index (χ1v) is 6.52. The highest BCUT2D eigenvalue weighted by Crippen LogP contribution is 2.02. The number of sulfone groups is 1. The molecule has 0 aromatic carbocycles. The van der Waals surface area contributed by atoms with E-state index in [1.165, 1.54) is 0 Å². The van der Waals surface area contributed by atoms with Crippen LogP contribution in [-0.2, 0) is 9.84 Å². The number of unbranched alkanes of at least 4 members (excludes halogenated alkanes) is 3. The first-order chi connectivity index (χ1) is 6.12. The molecule has 0 heterocycles. The Balaban J connectivity index is 3.63. The quantitative estimate of drug-likeness (QED) is 0.594. The summed E-state index contributed by atoms with van der Waals surface area (Å²) in [7, 11) is -2.88. The summed E-state index contributed by atoms with van der Waals surface area (Å²) >= 11 is 0. The van der Waals surface area contributed by atoms with Crippen LogP contribution < -0.4 is 0 Å². The molecule has 0 aliphatic rings. The molecule has 0 fully saturated rings. The average molecular weight is 203 g/mol. The molecule has 76 valence electrons. The lowest BCUT2D eigenvalue weighted by molar-refractivity contribution is 0.588. The zero-order chi connectivity index (χ0) is 10.2. The normalized spacial score (nSPS) is 11.1. The number of hydrogen-bond donors (Lipinski definition) is 0. The fraction of sp³-hybridized carbons (Fsp3) is 0.889. The van der Waals surface area contributed by atoms with Crippen LogP contribution in [-0.4, -0.2) is 19.9 Å². The summed E-state index contributed by atoms with van der Waals surface area (Å²) in [6, 6.07) is 1.94. The van der Waals surface area contributed by atoms with Crippen molar-refractivity contribution in [3.63, 3.8) is 0 Å². The topological polar surface area (TPSA) is 57.9 Å². The van der Waals surface area contributed by atoms with Gasteiger partial charge in [0.1, 0.15) is 9.84 Å². The average Bonchev–Trinajstić information content (AvgIpc) is 2.05. The summed E-state index contributed by atoms with van der Waals surface area (Å²) in [5.41, 5.74) is 0. The van der Waals surface area contributed by atoms with E-state index in [4.69, 9.17) is 5.26 Å². The van der Waals surface area contributed by atoms with E-state index in [1.54, 1.807) is 0 Å². The summed E-state index contributed by atoms with van der Waals surface area (Å²) in [4.78, 5) is 0. The first-order valence-electron chi connectivity index (χ1n) is 4.69. The van der Waals surface area contributed by atoms with Crippen molar-refractivity contribution in [2.75, 3.05) is 11.5 Å². The SMILES string of the molecule is CCCCCS(=O)(=O)CCCC#N. The van der Waals surface area contributed by atoms with Crippen LogP contribution >= 0.6 is 0 Å². The summed E-state index contributed by atoms with van der Waals surface area (Å²) < 4.78 is 22.5. The van der Waals surface area contributed by atoms with Crippen LogP contribution in [0.3, 0.4) is 0 Å². The molecular weight excluding hydrogens is 186 g/mol. The van der Waals surface area contributed by atoms with Crippen LogP contribution in [0.2, 0.25) is 0 Å². The Morgan fingerprint density at radius 2 is 1.77 bits per heavy atom. The fourth-order valence-corrected chi connectivity index (χ4v) is 2.48. The molecule has 0 saturated carbocycles. The van der Waals surface area contributed by atoms with Gasteiger partial charge in [-0.2, -0.15) is 5.26 Å². The smallest absolute Gasteiger partial charge is 0.150 e. The number of hydrogen-bond acceptors (Lipinski definition) is 3. The second-order valence-corrected chi connectivity index (χ2v) is 5.42. The van der Waals surface area contributed by atoms with E-state index in [0.717, 1.165) is 19.3 Å². The maximum Gasteiger partial charge on any atom is 0.150 e. The Morgan fingerprint density at radius 3 is 2.31 bits per heavy atom. The van der Waals surface area contributed by atoms with Gasteiger partial charge in [0.25, 0.3) is 0 Å². The highest BCUT2D eigenvalue weighted by atomic mass is 32.2. The van der Waals surface area contributed by atoms with Gasteiger partial charge in [-0.25, -0.2) is 8.42 Å². The number of nitriles is 1. The van der Waals surface area contributed by atoms with Crippen LogP contribution in [0.25, 0.3) is 0 Å². The van der Waals surface area contributed by atoms with E-state index >= 15 is 0 Å². The Labute approximate surface area is 80.7 Å². The second-order valence-electron chi connectivity index (χ2n) is 3.12. The van der Waals surface area contributed by atoms with Gasteiger partial charge in [-0.1, -0.05) is 19.8 Å². The van der Waals surface area contributed by atoms with E-state index in [9.17, 15) is 8.42 Å². The monoisotopic (exact) mass is 203 g/mol. The molecule has 0 saturated heterocycles. The van der Waals surface area contributed by atoms with Crippen LogP contribution in [0.15, 0.2) is 0 Å². The molecule has 13 heavy (non-hydrogen) atoms. The second kappa shape index (κ2) is 6.90. The molecule has 4 heteroatoms. The van der Waals surface area contributed by atoms with Crippen molar-refractivity contribution in [2.45, 2.75) is 39.0 Å². The lowest BCUT2D eigenvalue weighted by atomic mass is 10.3. The number of rotatable bonds is 7. The van der Waals surface area contributed by atoms with Crippen LogP contribution in [0, 0.1) is 11.3 Å². The van der Waals surface area contributed by atoms with Gasteiger partial charge in [0.15, 0.2) is 0 Å². The third-order valence-corrected chi connectivity index (χ3v) is 3.62. The van der Waals surface area contributed by atoms with Crippen LogP contribution in [0.5, 0.6) is 0 Å². The zero-order valence-corrected chi connectivity index (χ0v) is 8.94. The maximum absolute atomic E-state index is 11.3. The summed E-state index contributed by atoms with van der Waals surface area (Å²) in [6.45, 7) is 2.04. The Kier molecular flexibility index (Phi) is 6.61. The van der Waals surface area contributed by atoms with Gasteiger partial charge in [-0.3, -0.25) is 0 Å². The molecule has 0 bridgehead atoms. The van der Waals surface area contributed by atoms with E-state index in [0.29, 0.717) is 12.8 Å². The molecule has 0 N–H and O–H groups in total. The van der Waals surface area contributed by atoms with E-state index in [-0.39, 0.29) is 11.5 Å². The molecule has 0 aliphatic heterocycles. The molecule has 0 spiro atoms. The summed E-state index contributed by atoms with van der Waals surface area (Å²) in [5, 5.41) is 8.23. The molecular formula is C9H17NO2S. The minimum Gasteiger partial charge on any atom is -0.229 e. The largest absolute Gasteiger partial charge is 0.229 e. The van der Waals surface area contributed by atoms with Crippen LogP contribution in [0.1, 0.15) is 39.0 Å². The first kappa shape index (κ1) is 12.4. The third kappa shape index (κ3) is 7.79. The standard InChI is InChI=1S/C9H17NO2S/c1-2-3-5-8-13(11,12)9-6-4-7-10/h2-6,8-9H2,1H3. The summed E-state index contributed by atoms with van der Waals surface area (Å²) in [5.74, 6) is 0.455. The van der Waals surface area contributed by atoms with Gasteiger partial charge in [0.05, 0.1) is 17.6 Å². The van der Waals surface area contributed by atoms with E-state index < -0.39 is 9.84 Å². The van der Waals surface area contributed by atoms with Crippen molar-refractivity contribution in [1.29, 1.82) is 5.26 Å². The van der Waals surface area contributed by atoms with Gasteiger partial charge in [-0.15, -0.1) is 0 Å². The van der Waals surface area contributed by atoms with Gasteiger partial charge < -0.3 is 0 Å². The third-order valence-electron chi connectivity index (χ3n) is 1.80. The van der Waals surface area contributed by atoms with Gasteiger partial charge in [-0.05, 0) is 12.8 Å². The van der Waals surface area contributed by atoms with Crippen molar-refractivity contribution in [2.24, 2.45) is 0 Å². The lowest BCUT2D eigenvalue weighted by Gasteiger charge is -2.01. The molecule has 0 unspecified atom stereocenters. The lowest BCUT2D eigenvalue weighted by Crippen LogP contribution is -2.10. The molecule has 0 aromatic rings. The predicted molar refractivity (Wildman–Crippen MR) is 53.0 cm³/mol. The molecule has 0 radical (unpaired) electrons. The van der Waals surface area contributed by atoms with Crippen molar-refractivity contribution < 1.29 is 8.42 Å². The van der Waals surface area contributed by atoms with Crippen molar-refractivity contribution in [3.8, 4) is 6.07 Å². The van der Waals surface area contributed by atoms with Crippen molar-refractivity contribution in [1.82, 2.24) is 0 Å². The predicted octanol–water partition coefficient (Wildman–Crippen LogP) is 1.90. The van der Waals surface area contributed by atoms with Crippen LogP contribution in [0.4, 0.5) is 0 Å². The molecule has 0 amide bonds. The van der Waals surface area contributed by atoms with Gasteiger partial charge in [0.2, 0.25) is 0 Å².